The van der Waals surface area contributed by atoms with Gasteiger partial charge in [0.2, 0.25) is 0 Å². The van der Waals surface area contributed by atoms with Gasteiger partial charge in [-0.15, -0.1) is 0 Å². The number of esters is 1. The summed E-state index contributed by atoms with van der Waals surface area (Å²) in [5.74, 6) is -0.671. The molecule has 3 amide bonds. The number of hydrogen-bond acceptors (Lipinski definition) is 4. The van der Waals surface area contributed by atoms with E-state index in [0.717, 1.165) is 24.8 Å². The fourth-order valence-electron chi connectivity index (χ4n) is 3.60. The molecule has 0 unspecified atom stereocenters. The molecular weight excluding hydrogens is 370 g/mol. The van der Waals surface area contributed by atoms with Crippen LogP contribution in [0.2, 0.25) is 0 Å². The van der Waals surface area contributed by atoms with Crippen LogP contribution in [0.4, 0.5) is 4.79 Å². The van der Waals surface area contributed by atoms with Crippen molar-refractivity contribution in [3.05, 3.63) is 35.4 Å². The Kier molecular flexibility index (Phi) is 8.05. The molecule has 2 rings (SSSR count). The molecule has 3 atom stereocenters. The molecule has 0 bridgehead atoms. The summed E-state index contributed by atoms with van der Waals surface area (Å²) in [6.45, 7) is 9.83. The summed E-state index contributed by atoms with van der Waals surface area (Å²) in [6, 6.07) is 6.94. The number of carbonyl (C=O) groups is 3. The second kappa shape index (κ2) is 10.3. The van der Waals surface area contributed by atoms with Crippen molar-refractivity contribution in [2.75, 3.05) is 0 Å². The maximum absolute atomic E-state index is 12.8. The van der Waals surface area contributed by atoms with Crippen molar-refractivity contribution in [2.45, 2.75) is 84.7 Å². The summed E-state index contributed by atoms with van der Waals surface area (Å²) in [4.78, 5) is 38.7. The quantitative estimate of drug-likeness (QED) is 0.714. The number of carbonyl (C=O) groups excluding carboxylic acids is 3. The highest BCUT2D eigenvalue weighted by atomic mass is 16.5. The lowest BCUT2D eigenvalue weighted by Gasteiger charge is -2.40. The summed E-state index contributed by atoms with van der Waals surface area (Å²) in [5.41, 5.74) is 1.24. The van der Waals surface area contributed by atoms with E-state index in [1.807, 2.05) is 32.6 Å². The van der Waals surface area contributed by atoms with Crippen molar-refractivity contribution in [3.8, 4) is 0 Å². The van der Waals surface area contributed by atoms with Crippen LogP contribution >= 0.6 is 0 Å². The van der Waals surface area contributed by atoms with Gasteiger partial charge in [0, 0.05) is 24.7 Å². The lowest BCUT2D eigenvalue weighted by molar-refractivity contribution is -0.146. The first-order valence-electron chi connectivity index (χ1n) is 10.4. The lowest BCUT2D eigenvalue weighted by Crippen LogP contribution is -2.51. The van der Waals surface area contributed by atoms with E-state index in [1.54, 1.807) is 31.2 Å². The minimum Gasteiger partial charge on any atom is -0.449 e. The number of likely N-dealkylation sites (tertiary alicyclic amines) is 1. The molecule has 1 fully saturated rings. The number of nitrogens with one attached hydrogen (secondary N) is 2. The summed E-state index contributed by atoms with van der Waals surface area (Å²) in [6.07, 6.45) is 2.23. The fourth-order valence-corrected chi connectivity index (χ4v) is 3.60. The number of urea groups is 1. The Hall–Kier alpha value is -2.57. The molecule has 1 heterocycles. The molecule has 1 aliphatic heterocycles. The molecular formula is C22H33N3O4. The van der Waals surface area contributed by atoms with Crippen molar-refractivity contribution in [3.63, 3.8) is 0 Å². The van der Waals surface area contributed by atoms with Gasteiger partial charge in [0.05, 0.1) is 5.56 Å². The van der Waals surface area contributed by atoms with Gasteiger partial charge in [-0.3, -0.25) is 4.79 Å². The Morgan fingerprint density at radius 3 is 2.21 bits per heavy atom. The van der Waals surface area contributed by atoms with E-state index in [4.69, 9.17) is 4.74 Å². The maximum atomic E-state index is 12.8. The van der Waals surface area contributed by atoms with Crippen LogP contribution in [0.5, 0.6) is 0 Å². The van der Waals surface area contributed by atoms with E-state index >= 15 is 0 Å². The monoisotopic (exact) mass is 403 g/mol. The Morgan fingerprint density at radius 2 is 1.66 bits per heavy atom. The van der Waals surface area contributed by atoms with E-state index in [1.165, 1.54) is 0 Å². The number of rotatable bonds is 6. The van der Waals surface area contributed by atoms with Crippen LogP contribution < -0.4 is 10.6 Å². The SMILES string of the molecule is CC(C)NC(=O)NCc1ccc(C(=O)O[C@H](C)C(=O)N2[C@@H](C)CCC[C@@H]2C)cc1. The minimum absolute atomic E-state index is 0.0627. The summed E-state index contributed by atoms with van der Waals surface area (Å²) in [5, 5.41) is 5.50. The Balaban J connectivity index is 1.89. The predicted molar refractivity (Wildman–Crippen MR) is 111 cm³/mol. The standard InChI is InChI=1S/C22H33N3O4/c1-14(2)24-22(28)23-13-18-9-11-19(12-10-18)21(27)29-17(5)20(26)25-15(3)7-6-8-16(25)4/h9-12,14-17H,6-8,13H2,1-5H3,(H2,23,24,28)/t15-,16-,17+/m0/s1. The molecule has 0 aromatic heterocycles. The highest BCUT2D eigenvalue weighted by Crippen LogP contribution is 2.24. The number of ether oxygens (including phenoxy) is 1. The number of amides is 3. The number of hydrogen-bond donors (Lipinski definition) is 2. The van der Waals surface area contributed by atoms with Gasteiger partial charge < -0.3 is 20.3 Å². The molecule has 29 heavy (non-hydrogen) atoms. The van der Waals surface area contributed by atoms with Gasteiger partial charge in [0.1, 0.15) is 0 Å². The van der Waals surface area contributed by atoms with Gasteiger partial charge in [0.25, 0.3) is 5.91 Å². The molecule has 1 saturated heterocycles. The third-order valence-corrected chi connectivity index (χ3v) is 5.14. The van der Waals surface area contributed by atoms with Gasteiger partial charge in [-0.1, -0.05) is 12.1 Å². The Morgan fingerprint density at radius 1 is 1.07 bits per heavy atom. The first-order valence-corrected chi connectivity index (χ1v) is 10.4. The third kappa shape index (κ3) is 6.48. The van der Waals surface area contributed by atoms with E-state index in [2.05, 4.69) is 10.6 Å². The van der Waals surface area contributed by atoms with Crippen molar-refractivity contribution in [1.29, 1.82) is 0 Å². The summed E-state index contributed by atoms with van der Waals surface area (Å²) >= 11 is 0. The Labute approximate surface area is 173 Å². The molecule has 1 aliphatic rings. The van der Waals surface area contributed by atoms with Crippen molar-refractivity contribution in [1.82, 2.24) is 15.5 Å². The average molecular weight is 404 g/mol. The molecule has 0 aliphatic carbocycles. The average Bonchev–Trinajstić information content (AvgIpc) is 2.66. The summed E-state index contributed by atoms with van der Waals surface area (Å²) in [7, 11) is 0. The largest absolute Gasteiger partial charge is 0.449 e. The van der Waals surface area contributed by atoms with Crippen LogP contribution in [-0.4, -0.2) is 47.0 Å². The zero-order valence-electron chi connectivity index (χ0n) is 18.0. The highest BCUT2D eigenvalue weighted by Gasteiger charge is 2.33. The van der Waals surface area contributed by atoms with E-state index in [0.29, 0.717) is 12.1 Å². The van der Waals surface area contributed by atoms with Crippen LogP contribution in [-0.2, 0) is 16.1 Å². The molecule has 0 saturated carbocycles. The zero-order chi connectivity index (χ0) is 21.6. The second-order valence-electron chi connectivity index (χ2n) is 8.10. The fraction of sp³-hybridized carbons (Fsp3) is 0.591. The molecule has 1 aromatic carbocycles. The Bertz CT molecular complexity index is 707. The van der Waals surface area contributed by atoms with Gasteiger partial charge in [-0.2, -0.15) is 0 Å². The highest BCUT2D eigenvalue weighted by molar-refractivity contribution is 5.92. The van der Waals surface area contributed by atoms with Gasteiger partial charge in [-0.05, 0) is 71.6 Å². The number of benzene rings is 1. The summed E-state index contributed by atoms with van der Waals surface area (Å²) < 4.78 is 5.42. The van der Waals surface area contributed by atoms with Gasteiger partial charge in [0.15, 0.2) is 6.10 Å². The van der Waals surface area contributed by atoms with Crippen LogP contribution in [0.1, 0.15) is 69.8 Å². The molecule has 0 radical (unpaired) electrons. The zero-order valence-corrected chi connectivity index (χ0v) is 18.0. The topological polar surface area (TPSA) is 87.7 Å². The molecule has 7 heteroatoms. The molecule has 7 nitrogen and oxygen atoms in total. The van der Waals surface area contributed by atoms with Crippen molar-refractivity contribution >= 4 is 17.9 Å². The second-order valence-corrected chi connectivity index (χ2v) is 8.10. The number of nitrogens with zero attached hydrogens (tertiary/aromatic N) is 1. The van der Waals surface area contributed by atoms with Crippen molar-refractivity contribution in [2.24, 2.45) is 0 Å². The predicted octanol–water partition coefficient (Wildman–Crippen LogP) is 3.23. The number of piperidine rings is 1. The normalized spacial score (nSPS) is 20.1. The first-order chi connectivity index (χ1) is 13.7. The molecule has 0 spiro atoms. The smallest absolute Gasteiger partial charge is 0.338 e. The van der Waals surface area contributed by atoms with E-state index < -0.39 is 12.1 Å². The maximum Gasteiger partial charge on any atom is 0.338 e. The van der Waals surface area contributed by atoms with Gasteiger partial charge in [-0.25, -0.2) is 9.59 Å². The molecule has 2 N–H and O–H groups in total. The van der Waals surface area contributed by atoms with Crippen LogP contribution in [0.15, 0.2) is 24.3 Å². The third-order valence-electron chi connectivity index (χ3n) is 5.14. The minimum atomic E-state index is -0.827. The van der Waals surface area contributed by atoms with E-state index in [9.17, 15) is 14.4 Å². The lowest BCUT2D eigenvalue weighted by atomic mass is 9.97. The van der Waals surface area contributed by atoms with Crippen molar-refractivity contribution < 1.29 is 19.1 Å². The van der Waals surface area contributed by atoms with Gasteiger partial charge >= 0.3 is 12.0 Å². The van der Waals surface area contributed by atoms with Crippen LogP contribution in [0.3, 0.4) is 0 Å². The molecule has 160 valence electrons. The first kappa shape index (κ1) is 22.7. The van der Waals surface area contributed by atoms with Crippen LogP contribution in [0.25, 0.3) is 0 Å². The van der Waals surface area contributed by atoms with E-state index in [-0.39, 0.29) is 30.1 Å². The van der Waals surface area contributed by atoms with Crippen LogP contribution in [0, 0.1) is 0 Å². The molecule has 1 aromatic rings.